The average Bonchev–Trinajstić information content (AvgIpc) is 2.27. The fourth-order valence-corrected chi connectivity index (χ4v) is 1.79. The van der Waals surface area contributed by atoms with Crippen molar-refractivity contribution in [2.75, 3.05) is 7.05 Å². The first-order chi connectivity index (χ1) is 7.46. The number of hydrogen-bond acceptors (Lipinski definition) is 3. The molecule has 0 saturated heterocycles. The summed E-state index contributed by atoms with van der Waals surface area (Å²) in [5.74, 6) is -1.26. The maximum absolute atomic E-state index is 11.2. The van der Waals surface area contributed by atoms with Gasteiger partial charge in [0.05, 0.1) is 0 Å². The van der Waals surface area contributed by atoms with E-state index in [1.807, 2.05) is 9.44 Å². The van der Waals surface area contributed by atoms with Crippen molar-refractivity contribution in [2.45, 2.75) is 6.04 Å². The number of carbonyl (C=O) groups is 1. The van der Waals surface area contributed by atoms with E-state index in [1.165, 1.54) is 19.2 Å². The van der Waals surface area contributed by atoms with Crippen LogP contribution in [0.4, 0.5) is 0 Å². The lowest BCUT2D eigenvalue weighted by Crippen LogP contribution is -2.39. The van der Waals surface area contributed by atoms with Crippen LogP contribution in [0.1, 0.15) is 11.6 Å². The topological polar surface area (TPSA) is 95.5 Å². The Kier molecular flexibility index (Phi) is 3.99. The molecule has 6 nitrogen and oxygen atoms in total. The molecule has 16 heavy (non-hydrogen) atoms. The SMILES string of the molecule is CNS(=O)(=O)NC(C(=O)O)c1ccccc1. The van der Waals surface area contributed by atoms with Crippen LogP contribution in [0.2, 0.25) is 0 Å². The van der Waals surface area contributed by atoms with Gasteiger partial charge in [0.2, 0.25) is 0 Å². The van der Waals surface area contributed by atoms with Crippen molar-refractivity contribution in [3.63, 3.8) is 0 Å². The molecule has 0 aromatic heterocycles. The fourth-order valence-electron chi connectivity index (χ4n) is 1.12. The summed E-state index contributed by atoms with van der Waals surface area (Å²) in [5, 5.41) is 8.93. The molecule has 1 aromatic rings. The third-order valence-corrected chi connectivity index (χ3v) is 3.01. The molecule has 1 atom stereocenters. The Balaban J connectivity index is 2.99. The summed E-state index contributed by atoms with van der Waals surface area (Å²) in [4.78, 5) is 10.9. The summed E-state index contributed by atoms with van der Waals surface area (Å²) in [7, 11) is -2.59. The van der Waals surface area contributed by atoms with Crippen LogP contribution in [0.3, 0.4) is 0 Å². The van der Waals surface area contributed by atoms with Gasteiger partial charge >= 0.3 is 5.97 Å². The van der Waals surface area contributed by atoms with Gasteiger partial charge in [0.1, 0.15) is 6.04 Å². The Bertz CT molecular complexity index is 458. The molecular weight excluding hydrogens is 232 g/mol. The molecule has 0 fully saturated rings. The first-order valence-electron chi connectivity index (χ1n) is 4.45. The zero-order valence-corrected chi connectivity index (χ0v) is 9.36. The smallest absolute Gasteiger partial charge is 0.326 e. The van der Waals surface area contributed by atoms with Crippen molar-refractivity contribution in [3.05, 3.63) is 35.9 Å². The largest absolute Gasteiger partial charge is 0.480 e. The Morgan fingerprint density at radius 2 is 1.88 bits per heavy atom. The van der Waals surface area contributed by atoms with Crippen LogP contribution < -0.4 is 9.44 Å². The minimum Gasteiger partial charge on any atom is -0.480 e. The molecular formula is C9H12N2O4S. The van der Waals surface area contributed by atoms with Crippen LogP contribution in [-0.2, 0) is 15.0 Å². The molecule has 0 radical (unpaired) electrons. The standard InChI is InChI=1S/C9H12N2O4S/c1-10-16(14,15)11-8(9(12)13)7-5-3-2-4-6-7/h2-6,8,10-11H,1H3,(H,12,13). The van der Waals surface area contributed by atoms with Crippen LogP contribution in [-0.4, -0.2) is 26.5 Å². The minimum absolute atomic E-state index is 0.369. The van der Waals surface area contributed by atoms with Crippen LogP contribution in [0.25, 0.3) is 0 Å². The van der Waals surface area contributed by atoms with Gasteiger partial charge in [-0.3, -0.25) is 4.79 Å². The van der Waals surface area contributed by atoms with Crippen molar-refractivity contribution < 1.29 is 18.3 Å². The highest BCUT2D eigenvalue weighted by molar-refractivity contribution is 7.87. The molecule has 1 rings (SSSR count). The molecule has 1 aromatic carbocycles. The number of nitrogens with one attached hydrogen (secondary N) is 2. The van der Waals surface area contributed by atoms with Gasteiger partial charge in [0, 0.05) is 7.05 Å². The summed E-state index contributed by atoms with van der Waals surface area (Å²) in [6, 6.07) is 6.78. The maximum Gasteiger partial charge on any atom is 0.326 e. The van der Waals surface area contributed by atoms with Gasteiger partial charge in [-0.1, -0.05) is 30.3 Å². The van der Waals surface area contributed by atoms with Gasteiger partial charge in [0.25, 0.3) is 10.2 Å². The van der Waals surface area contributed by atoms with Gasteiger partial charge in [0.15, 0.2) is 0 Å². The Morgan fingerprint density at radius 1 is 1.31 bits per heavy atom. The Hall–Kier alpha value is -1.44. The lowest BCUT2D eigenvalue weighted by molar-refractivity contribution is -0.139. The summed E-state index contributed by atoms with van der Waals surface area (Å²) in [5.41, 5.74) is 0.369. The van der Waals surface area contributed by atoms with Crippen molar-refractivity contribution >= 4 is 16.2 Å². The maximum atomic E-state index is 11.2. The van der Waals surface area contributed by atoms with Crippen LogP contribution in [0.15, 0.2) is 30.3 Å². The van der Waals surface area contributed by atoms with E-state index in [2.05, 4.69) is 0 Å². The van der Waals surface area contributed by atoms with Gasteiger partial charge < -0.3 is 5.11 Å². The van der Waals surface area contributed by atoms with Gasteiger partial charge in [-0.05, 0) is 5.56 Å². The molecule has 0 saturated carbocycles. The molecule has 7 heteroatoms. The second-order valence-electron chi connectivity index (χ2n) is 3.01. The van der Waals surface area contributed by atoms with Gasteiger partial charge in [-0.25, -0.2) is 4.72 Å². The summed E-state index contributed by atoms with van der Waals surface area (Å²) < 4.78 is 26.4. The highest BCUT2D eigenvalue weighted by Gasteiger charge is 2.24. The summed E-state index contributed by atoms with van der Waals surface area (Å²) in [6.07, 6.45) is 0. The minimum atomic E-state index is -3.79. The number of hydrogen-bond donors (Lipinski definition) is 3. The molecule has 0 aliphatic carbocycles. The van der Waals surface area contributed by atoms with Crippen LogP contribution >= 0.6 is 0 Å². The van der Waals surface area contributed by atoms with Gasteiger partial charge in [-0.2, -0.15) is 13.1 Å². The monoisotopic (exact) mass is 244 g/mol. The number of carboxylic acids is 1. The predicted octanol–water partition coefficient (Wildman–Crippen LogP) is -0.134. The lowest BCUT2D eigenvalue weighted by atomic mass is 10.1. The second-order valence-corrected chi connectivity index (χ2v) is 4.66. The number of aliphatic carboxylic acids is 1. The first kappa shape index (κ1) is 12.6. The average molecular weight is 244 g/mol. The van der Waals surface area contributed by atoms with E-state index in [0.717, 1.165) is 0 Å². The lowest BCUT2D eigenvalue weighted by Gasteiger charge is -2.14. The molecule has 0 aliphatic rings. The van der Waals surface area contributed by atoms with E-state index in [4.69, 9.17) is 5.11 Å². The first-order valence-corrected chi connectivity index (χ1v) is 5.93. The zero-order valence-electron chi connectivity index (χ0n) is 8.54. The Labute approximate surface area is 93.5 Å². The molecule has 1 unspecified atom stereocenters. The van der Waals surface area contributed by atoms with E-state index < -0.39 is 22.2 Å². The molecule has 3 N–H and O–H groups in total. The fraction of sp³-hybridized carbons (Fsp3) is 0.222. The molecule has 0 amide bonds. The predicted molar refractivity (Wildman–Crippen MR) is 57.9 cm³/mol. The third kappa shape index (κ3) is 3.30. The second kappa shape index (κ2) is 5.06. The molecule has 0 heterocycles. The molecule has 0 bridgehead atoms. The highest BCUT2D eigenvalue weighted by atomic mass is 32.2. The van der Waals surface area contributed by atoms with Crippen molar-refractivity contribution in [1.29, 1.82) is 0 Å². The van der Waals surface area contributed by atoms with Crippen molar-refractivity contribution in [1.82, 2.24) is 9.44 Å². The third-order valence-electron chi connectivity index (χ3n) is 1.92. The van der Waals surface area contributed by atoms with E-state index in [9.17, 15) is 13.2 Å². The molecule has 0 aliphatic heterocycles. The van der Waals surface area contributed by atoms with Gasteiger partial charge in [-0.15, -0.1) is 0 Å². The number of carboxylic acid groups (broad SMARTS) is 1. The molecule has 0 spiro atoms. The van der Waals surface area contributed by atoms with E-state index in [-0.39, 0.29) is 0 Å². The van der Waals surface area contributed by atoms with E-state index in [0.29, 0.717) is 5.56 Å². The van der Waals surface area contributed by atoms with Crippen LogP contribution in [0, 0.1) is 0 Å². The summed E-state index contributed by atoms with van der Waals surface area (Å²) in [6.45, 7) is 0. The van der Waals surface area contributed by atoms with E-state index >= 15 is 0 Å². The quantitative estimate of drug-likeness (QED) is 0.672. The zero-order chi connectivity index (χ0) is 12.2. The van der Waals surface area contributed by atoms with Crippen molar-refractivity contribution in [3.8, 4) is 0 Å². The van der Waals surface area contributed by atoms with Crippen molar-refractivity contribution in [2.24, 2.45) is 0 Å². The molecule has 88 valence electrons. The Morgan fingerprint density at radius 3 is 2.31 bits per heavy atom. The van der Waals surface area contributed by atoms with E-state index in [1.54, 1.807) is 18.2 Å². The highest BCUT2D eigenvalue weighted by Crippen LogP contribution is 2.13. The summed E-state index contributed by atoms with van der Waals surface area (Å²) >= 11 is 0. The number of benzene rings is 1. The van der Waals surface area contributed by atoms with Crippen LogP contribution in [0.5, 0.6) is 0 Å². The number of rotatable bonds is 5. The normalized spacial score (nSPS) is 13.3.